The minimum atomic E-state index is -0.115. The Hall–Kier alpha value is -4.08. The van der Waals surface area contributed by atoms with Gasteiger partial charge in [0.1, 0.15) is 6.61 Å². The normalized spacial score (nSPS) is 17.4. The van der Waals surface area contributed by atoms with Crippen molar-refractivity contribution >= 4 is 40.5 Å². The van der Waals surface area contributed by atoms with Gasteiger partial charge in [-0.2, -0.15) is 0 Å². The Morgan fingerprint density at radius 1 is 1.05 bits per heavy atom. The molecular formula is C32H33N3O5S. The van der Waals surface area contributed by atoms with E-state index >= 15 is 0 Å². The number of amides is 2. The molecule has 41 heavy (non-hydrogen) atoms. The molecule has 8 nitrogen and oxygen atoms in total. The zero-order valence-electron chi connectivity index (χ0n) is 23.5. The summed E-state index contributed by atoms with van der Waals surface area (Å²) in [5.41, 5.74) is 4.26. The van der Waals surface area contributed by atoms with Crippen LogP contribution in [0.1, 0.15) is 34.0 Å². The van der Waals surface area contributed by atoms with Gasteiger partial charge in [-0.3, -0.25) is 14.5 Å². The Bertz CT molecular complexity index is 1500. The van der Waals surface area contributed by atoms with Crippen molar-refractivity contribution in [3.05, 3.63) is 93.9 Å². The van der Waals surface area contributed by atoms with Crippen LogP contribution in [0.2, 0.25) is 0 Å². The first-order valence-electron chi connectivity index (χ1n) is 13.6. The third-order valence-electron chi connectivity index (χ3n) is 6.78. The molecule has 3 aromatic carbocycles. The minimum Gasteiger partial charge on any atom is -0.493 e. The third kappa shape index (κ3) is 6.81. The first-order chi connectivity index (χ1) is 19.9. The van der Waals surface area contributed by atoms with Gasteiger partial charge in [0.05, 0.1) is 30.9 Å². The SMILES string of the molecule is CCN1C(=O)/C(=C\c2ccc(OCc3cccc(C)c3)c(OC)c2)SC1=Nc1cccc(C(=O)N2CCOCC2)c1. The molecule has 3 aromatic rings. The second-order valence-electron chi connectivity index (χ2n) is 9.70. The number of benzene rings is 3. The van der Waals surface area contributed by atoms with E-state index < -0.39 is 0 Å². The molecule has 2 heterocycles. The van der Waals surface area contributed by atoms with Gasteiger partial charge < -0.3 is 19.1 Å². The number of thioether (sulfide) groups is 1. The number of morpholine rings is 1. The summed E-state index contributed by atoms with van der Waals surface area (Å²) in [6, 6.07) is 21.0. The number of hydrogen-bond acceptors (Lipinski definition) is 7. The molecule has 0 saturated carbocycles. The van der Waals surface area contributed by atoms with Crippen molar-refractivity contribution in [1.29, 1.82) is 0 Å². The molecular weight excluding hydrogens is 538 g/mol. The smallest absolute Gasteiger partial charge is 0.266 e. The Labute approximate surface area is 244 Å². The molecule has 2 amide bonds. The van der Waals surface area contributed by atoms with Crippen LogP contribution in [0.25, 0.3) is 6.08 Å². The van der Waals surface area contributed by atoms with E-state index in [9.17, 15) is 9.59 Å². The molecule has 0 aliphatic carbocycles. The van der Waals surface area contributed by atoms with Crippen LogP contribution >= 0.6 is 11.8 Å². The third-order valence-corrected chi connectivity index (χ3v) is 7.79. The average Bonchev–Trinajstić information content (AvgIpc) is 3.29. The Morgan fingerprint density at radius 2 is 1.85 bits per heavy atom. The van der Waals surface area contributed by atoms with Gasteiger partial charge in [0.25, 0.3) is 11.8 Å². The number of nitrogens with zero attached hydrogens (tertiary/aromatic N) is 3. The maximum absolute atomic E-state index is 13.3. The van der Waals surface area contributed by atoms with Gasteiger partial charge in [-0.15, -0.1) is 0 Å². The van der Waals surface area contributed by atoms with Gasteiger partial charge in [0.15, 0.2) is 16.7 Å². The summed E-state index contributed by atoms with van der Waals surface area (Å²) >= 11 is 1.31. The lowest BCUT2D eigenvalue weighted by molar-refractivity contribution is -0.122. The van der Waals surface area contributed by atoms with Crippen molar-refractivity contribution in [1.82, 2.24) is 9.80 Å². The second-order valence-corrected chi connectivity index (χ2v) is 10.7. The van der Waals surface area contributed by atoms with Gasteiger partial charge >= 0.3 is 0 Å². The summed E-state index contributed by atoms with van der Waals surface area (Å²) in [6.07, 6.45) is 1.84. The fraction of sp³-hybridized carbons (Fsp3) is 0.281. The number of carbonyl (C=O) groups is 2. The zero-order chi connectivity index (χ0) is 28.8. The number of rotatable bonds is 8. The van der Waals surface area contributed by atoms with E-state index in [2.05, 4.69) is 19.1 Å². The highest BCUT2D eigenvalue weighted by atomic mass is 32.2. The molecule has 0 bridgehead atoms. The summed E-state index contributed by atoms with van der Waals surface area (Å²) in [5.74, 6) is 1.06. The van der Waals surface area contributed by atoms with Crippen LogP contribution in [0, 0.1) is 6.92 Å². The zero-order valence-corrected chi connectivity index (χ0v) is 24.3. The van der Waals surface area contributed by atoms with Crippen molar-refractivity contribution in [3.8, 4) is 11.5 Å². The van der Waals surface area contributed by atoms with E-state index in [0.717, 1.165) is 11.1 Å². The van der Waals surface area contributed by atoms with Crippen LogP contribution in [-0.4, -0.2) is 66.7 Å². The lowest BCUT2D eigenvalue weighted by Gasteiger charge is -2.26. The Morgan fingerprint density at radius 3 is 2.61 bits per heavy atom. The highest BCUT2D eigenvalue weighted by Crippen LogP contribution is 2.36. The summed E-state index contributed by atoms with van der Waals surface area (Å²) < 4.78 is 17.0. The Kier molecular flexibility index (Phi) is 9.06. The van der Waals surface area contributed by atoms with E-state index in [0.29, 0.717) is 72.3 Å². The van der Waals surface area contributed by atoms with Gasteiger partial charge in [-0.25, -0.2) is 4.99 Å². The van der Waals surface area contributed by atoms with Gasteiger partial charge in [-0.05, 0) is 73.1 Å². The highest BCUT2D eigenvalue weighted by molar-refractivity contribution is 8.18. The topological polar surface area (TPSA) is 80.7 Å². The molecule has 0 atom stereocenters. The second kappa shape index (κ2) is 13.1. The van der Waals surface area contributed by atoms with E-state index in [1.807, 2.05) is 55.5 Å². The van der Waals surface area contributed by atoms with E-state index in [4.69, 9.17) is 19.2 Å². The maximum Gasteiger partial charge on any atom is 0.266 e. The Balaban J connectivity index is 1.33. The standard InChI is InChI=1S/C32H33N3O5S/c1-4-35-31(37)29(19-23-11-12-27(28(18-23)38-3)40-21-24-8-5-7-22(2)17-24)41-32(35)33-26-10-6-9-25(20-26)30(36)34-13-15-39-16-14-34/h5-12,17-20H,4,13-16,21H2,1-3H3/b29-19+,33-32?. The molecule has 0 aromatic heterocycles. The summed E-state index contributed by atoms with van der Waals surface area (Å²) in [5, 5.41) is 0.574. The fourth-order valence-corrected chi connectivity index (χ4v) is 5.71. The van der Waals surface area contributed by atoms with Crippen LogP contribution in [0.4, 0.5) is 5.69 Å². The molecule has 2 aliphatic rings. The average molecular weight is 572 g/mol. The molecule has 2 saturated heterocycles. The van der Waals surface area contributed by atoms with Gasteiger partial charge in [0.2, 0.25) is 0 Å². The predicted octanol–water partition coefficient (Wildman–Crippen LogP) is 5.68. The van der Waals surface area contributed by atoms with Crippen LogP contribution in [0.5, 0.6) is 11.5 Å². The number of amidine groups is 1. The molecule has 0 unspecified atom stereocenters. The number of aryl methyl sites for hydroxylation is 1. The van der Waals surface area contributed by atoms with Crippen molar-refractivity contribution < 1.29 is 23.8 Å². The molecule has 0 radical (unpaired) electrons. The number of methoxy groups -OCH3 is 1. The lowest BCUT2D eigenvalue weighted by atomic mass is 10.1. The molecule has 0 spiro atoms. The van der Waals surface area contributed by atoms with E-state index in [1.54, 1.807) is 29.0 Å². The van der Waals surface area contributed by atoms with E-state index in [-0.39, 0.29) is 11.8 Å². The number of carbonyl (C=O) groups excluding carboxylic acids is 2. The predicted molar refractivity (Wildman–Crippen MR) is 162 cm³/mol. The maximum atomic E-state index is 13.3. The fourth-order valence-electron chi connectivity index (χ4n) is 4.65. The van der Waals surface area contributed by atoms with Crippen molar-refractivity contribution in [2.75, 3.05) is 40.0 Å². The number of likely N-dealkylation sites (N-methyl/N-ethyl adjacent to an activating group) is 1. The van der Waals surface area contributed by atoms with Crippen molar-refractivity contribution in [2.45, 2.75) is 20.5 Å². The quantitative estimate of drug-likeness (QED) is 0.324. The minimum absolute atomic E-state index is 0.0429. The number of aliphatic imine (C=N–C) groups is 1. The van der Waals surface area contributed by atoms with Crippen molar-refractivity contribution in [2.24, 2.45) is 4.99 Å². The monoisotopic (exact) mass is 571 g/mol. The van der Waals surface area contributed by atoms with Gasteiger partial charge in [-0.1, -0.05) is 42.0 Å². The summed E-state index contributed by atoms with van der Waals surface area (Å²) in [4.78, 5) is 34.9. The van der Waals surface area contributed by atoms with Crippen LogP contribution in [0.3, 0.4) is 0 Å². The largest absolute Gasteiger partial charge is 0.493 e. The molecule has 2 aliphatic heterocycles. The van der Waals surface area contributed by atoms with Crippen LogP contribution in [0.15, 0.2) is 76.6 Å². The summed E-state index contributed by atoms with van der Waals surface area (Å²) in [7, 11) is 1.60. The first kappa shape index (κ1) is 28.4. The van der Waals surface area contributed by atoms with Gasteiger partial charge in [0, 0.05) is 25.2 Å². The summed E-state index contributed by atoms with van der Waals surface area (Å²) in [6.45, 7) is 7.10. The molecule has 0 N–H and O–H groups in total. The van der Waals surface area contributed by atoms with Crippen LogP contribution in [-0.2, 0) is 16.1 Å². The highest BCUT2D eigenvalue weighted by Gasteiger charge is 2.32. The van der Waals surface area contributed by atoms with Crippen LogP contribution < -0.4 is 9.47 Å². The molecule has 5 rings (SSSR count). The van der Waals surface area contributed by atoms with E-state index in [1.165, 1.54) is 17.3 Å². The molecule has 212 valence electrons. The number of ether oxygens (including phenoxy) is 3. The number of hydrogen-bond donors (Lipinski definition) is 0. The molecule has 2 fully saturated rings. The molecule has 9 heteroatoms. The first-order valence-corrected chi connectivity index (χ1v) is 14.4. The van der Waals surface area contributed by atoms with Crippen molar-refractivity contribution in [3.63, 3.8) is 0 Å². The lowest BCUT2D eigenvalue weighted by Crippen LogP contribution is -2.40.